The van der Waals surface area contributed by atoms with Crippen molar-refractivity contribution in [1.82, 2.24) is 0 Å². The Morgan fingerprint density at radius 3 is 0.845 bits per heavy atom. The van der Waals surface area contributed by atoms with Gasteiger partial charge < -0.3 is 14.2 Å². The SMILES string of the molecule is CCCCC/C=C\C/C=C\C/C=C\C/C=C\CCCCCC(=O)OC[C@H](COC(=O)CCCCCCCCC/C=C\C/C=C\CCCCC)OC(=O)CCCCCCCCC/C=C\CCCCCCCC. The number of carbonyl (C=O) groups is 3. The first-order chi connectivity index (χ1) is 35.0. The summed E-state index contributed by atoms with van der Waals surface area (Å²) in [5, 5.41) is 0. The molecule has 0 aliphatic heterocycles. The topological polar surface area (TPSA) is 78.9 Å². The first kappa shape index (κ1) is 67.6. The second-order valence-corrected chi connectivity index (χ2v) is 19.9. The molecule has 0 aromatic heterocycles. The number of rotatable bonds is 54. The van der Waals surface area contributed by atoms with Gasteiger partial charge in [-0.15, -0.1) is 0 Å². The molecule has 0 fully saturated rings. The number of carbonyl (C=O) groups excluding carboxylic acids is 3. The third kappa shape index (κ3) is 57.4. The summed E-state index contributed by atoms with van der Waals surface area (Å²) >= 11 is 0. The second-order valence-electron chi connectivity index (χ2n) is 19.9. The largest absolute Gasteiger partial charge is 0.462 e. The van der Waals surface area contributed by atoms with Crippen LogP contribution in [-0.4, -0.2) is 37.2 Å². The predicted octanol–water partition coefficient (Wildman–Crippen LogP) is 20.3. The van der Waals surface area contributed by atoms with Gasteiger partial charge in [-0.05, 0) is 122 Å². The molecule has 0 N–H and O–H groups in total. The lowest BCUT2D eigenvalue weighted by atomic mass is 10.1. The number of hydrogen-bond acceptors (Lipinski definition) is 6. The molecular weight excluding hydrogens is 877 g/mol. The third-order valence-corrected chi connectivity index (χ3v) is 12.8. The van der Waals surface area contributed by atoms with Crippen LogP contribution in [0.15, 0.2) is 85.1 Å². The van der Waals surface area contributed by atoms with Crippen molar-refractivity contribution in [3.05, 3.63) is 85.1 Å². The molecule has 0 unspecified atom stereocenters. The van der Waals surface area contributed by atoms with Gasteiger partial charge in [-0.25, -0.2) is 0 Å². The third-order valence-electron chi connectivity index (χ3n) is 12.8. The molecule has 0 aliphatic carbocycles. The van der Waals surface area contributed by atoms with Crippen molar-refractivity contribution in [2.24, 2.45) is 0 Å². The van der Waals surface area contributed by atoms with Crippen LogP contribution in [0.5, 0.6) is 0 Å². The van der Waals surface area contributed by atoms with Gasteiger partial charge in [0, 0.05) is 19.3 Å². The fraction of sp³-hybridized carbons (Fsp3) is 0.738. The van der Waals surface area contributed by atoms with Gasteiger partial charge in [0.25, 0.3) is 0 Å². The summed E-state index contributed by atoms with van der Waals surface area (Å²) in [6.45, 7) is 6.56. The number of ether oxygens (including phenoxy) is 3. The highest BCUT2D eigenvalue weighted by Crippen LogP contribution is 2.15. The van der Waals surface area contributed by atoms with Crippen LogP contribution < -0.4 is 0 Å². The molecule has 0 aromatic rings. The van der Waals surface area contributed by atoms with E-state index in [0.29, 0.717) is 19.3 Å². The summed E-state index contributed by atoms with van der Waals surface area (Å²) < 4.78 is 16.9. The van der Waals surface area contributed by atoms with E-state index in [1.165, 1.54) is 154 Å². The minimum atomic E-state index is -0.797. The minimum absolute atomic E-state index is 0.0924. The first-order valence-corrected chi connectivity index (χ1v) is 30.1. The molecule has 6 heteroatoms. The molecule has 0 aromatic carbocycles. The Balaban J connectivity index is 4.46. The smallest absolute Gasteiger partial charge is 0.306 e. The zero-order valence-electron chi connectivity index (χ0n) is 46.7. The molecular formula is C65H112O6. The van der Waals surface area contributed by atoms with Crippen molar-refractivity contribution in [3.63, 3.8) is 0 Å². The van der Waals surface area contributed by atoms with Crippen molar-refractivity contribution >= 4 is 17.9 Å². The average molecular weight is 990 g/mol. The maximum Gasteiger partial charge on any atom is 0.306 e. The Hall–Kier alpha value is -3.41. The van der Waals surface area contributed by atoms with Gasteiger partial charge in [-0.1, -0.05) is 234 Å². The highest BCUT2D eigenvalue weighted by molar-refractivity contribution is 5.71. The summed E-state index contributed by atoms with van der Waals surface area (Å²) in [5.74, 6) is -0.928. The van der Waals surface area contributed by atoms with E-state index in [-0.39, 0.29) is 31.1 Å². The van der Waals surface area contributed by atoms with E-state index < -0.39 is 6.10 Å². The van der Waals surface area contributed by atoms with Crippen LogP contribution in [-0.2, 0) is 28.6 Å². The number of unbranched alkanes of at least 4 members (excludes halogenated alkanes) is 29. The standard InChI is InChI=1S/C65H112O6/c1-4-7-10-13-16-19-22-25-28-31-32-35-37-40-43-46-49-52-55-58-64(67)70-61-62(71-65(68)59-56-53-50-47-44-41-38-34-30-27-24-21-18-15-12-9-6-3)60-69-63(66)57-54-51-48-45-42-39-36-33-29-26-23-20-17-14-11-8-5-2/h16-17,19-20,25-30,32,35,40,43,62H,4-15,18,21-24,31,33-34,36-39,41-42,44-61H2,1-3H3/b19-16-,20-17-,28-25-,29-26-,30-27-,35-32-,43-40-/t62-/m0/s1. The van der Waals surface area contributed by atoms with Crippen molar-refractivity contribution in [2.45, 2.75) is 297 Å². The molecule has 71 heavy (non-hydrogen) atoms. The summed E-state index contributed by atoms with van der Waals surface area (Å²) in [6, 6.07) is 0. The van der Waals surface area contributed by atoms with Gasteiger partial charge in [-0.2, -0.15) is 0 Å². The summed E-state index contributed by atoms with van der Waals surface area (Å²) in [5.41, 5.74) is 0. The molecule has 0 saturated carbocycles. The average Bonchev–Trinajstić information content (AvgIpc) is 3.37. The first-order valence-electron chi connectivity index (χ1n) is 30.1. The lowest BCUT2D eigenvalue weighted by molar-refractivity contribution is -0.167. The van der Waals surface area contributed by atoms with Crippen LogP contribution in [0.1, 0.15) is 290 Å². The number of esters is 3. The molecule has 0 heterocycles. The van der Waals surface area contributed by atoms with Gasteiger partial charge >= 0.3 is 17.9 Å². The molecule has 0 spiro atoms. The van der Waals surface area contributed by atoms with E-state index in [9.17, 15) is 14.4 Å². The van der Waals surface area contributed by atoms with Crippen LogP contribution >= 0.6 is 0 Å². The molecule has 0 radical (unpaired) electrons. The molecule has 1 atom stereocenters. The highest BCUT2D eigenvalue weighted by atomic mass is 16.6. The maximum atomic E-state index is 12.9. The van der Waals surface area contributed by atoms with E-state index in [1.807, 2.05) is 0 Å². The molecule has 0 aliphatic rings. The van der Waals surface area contributed by atoms with Crippen molar-refractivity contribution < 1.29 is 28.6 Å². The van der Waals surface area contributed by atoms with Crippen molar-refractivity contribution in [2.75, 3.05) is 13.2 Å². The van der Waals surface area contributed by atoms with Crippen LogP contribution in [0.2, 0.25) is 0 Å². The summed E-state index contributed by atoms with van der Waals surface area (Å²) in [7, 11) is 0. The van der Waals surface area contributed by atoms with E-state index in [4.69, 9.17) is 14.2 Å². The van der Waals surface area contributed by atoms with E-state index in [2.05, 4.69) is 106 Å². The Labute approximate surface area is 439 Å². The fourth-order valence-electron chi connectivity index (χ4n) is 8.27. The van der Waals surface area contributed by atoms with Crippen LogP contribution in [0.4, 0.5) is 0 Å². The Morgan fingerprint density at radius 2 is 0.507 bits per heavy atom. The summed E-state index contributed by atoms with van der Waals surface area (Å²) in [4.78, 5) is 38.2. The van der Waals surface area contributed by atoms with Gasteiger partial charge in [0.15, 0.2) is 6.10 Å². The Morgan fingerprint density at radius 1 is 0.282 bits per heavy atom. The molecule has 0 saturated heterocycles. The van der Waals surface area contributed by atoms with Crippen molar-refractivity contribution in [1.29, 1.82) is 0 Å². The monoisotopic (exact) mass is 989 g/mol. The molecule has 0 rings (SSSR count). The van der Waals surface area contributed by atoms with Gasteiger partial charge in [-0.3, -0.25) is 14.4 Å². The molecule has 6 nitrogen and oxygen atoms in total. The minimum Gasteiger partial charge on any atom is -0.462 e. The van der Waals surface area contributed by atoms with Gasteiger partial charge in [0.05, 0.1) is 0 Å². The van der Waals surface area contributed by atoms with Gasteiger partial charge in [0.1, 0.15) is 13.2 Å². The van der Waals surface area contributed by atoms with E-state index >= 15 is 0 Å². The quantitative estimate of drug-likeness (QED) is 0.0261. The fourth-order valence-corrected chi connectivity index (χ4v) is 8.27. The molecule has 408 valence electrons. The van der Waals surface area contributed by atoms with Crippen LogP contribution in [0.3, 0.4) is 0 Å². The Bertz CT molecular complexity index is 1370. The zero-order chi connectivity index (χ0) is 51.4. The lowest BCUT2D eigenvalue weighted by Crippen LogP contribution is -2.30. The zero-order valence-corrected chi connectivity index (χ0v) is 46.7. The Kier molecular flexibility index (Phi) is 56.3. The maximum absolute atomic E-state index is 12.9. The lowest BCUT2D eigenvalue weighted by Gasteiger charge is -2.18. The number of allylic oxidation sites excluding steroid dienone is 14. The van der Waals surface area contributed by atoms with Crippen LogP contribution in [0, 0.1) is 0 Å². The summed E-state index contributed by atoms with van der Waals surface area (Å²) in [6.07, 6.45) is 77.1. The normalized spacial score (nSPS) is 12.7. The predicted molar refractivity (Wildman–Crippen MR) is 307 cm³/mol. The van der Waals surface area contributed by atoms with Crippen LogP contribution in [0.25, 0.3) is 0 Å². The second kappa shape index (κ2) is 59.2. The molecule has 0 amide bonds. The highest BCUT2D eigenvalue weighted by Gasteiger charge is 2.19. The molecule has 0 bridgehead atoms. The number of hydrogen-bond donors (Lipinski definition) is 0. The van der Waals surface area contributed by atoms with Gasteiger partial charge in [0.2, 0.25) is 0 Å². The van der Waals surface area contributed by atoms with E-state index in [0.717, 1.165) is 96.3 Å². The van der Waals surface area contributed by atoms with Crippen molar-refractivity contribution in [3.8, 4) is 0 Å². The van der Waals surface area contributed by atoms with E-state index in [1.54, 1.807) is 0 Å².